The van der Waals surface area contributed by atoms with E-state index in [1.807, 2.05) is 33.3 Å². The second-order valence-corrected chi connectivity index (χ2v) is 23.3. The Labute approximate surface area is 429 Å². The van der Waals surface area contributed by atoms with E-state index in [1.54, 1.807) is 0 Å². The highest BCUT2D eigenvalue weighted by molar-refractivity contribution is 7.47. The minimum absolute atomic E-state index is 0.0456. The van der Waals surface area contributed by atoms with Crippen molar-refractivity contribution >= 4 is 19.7 Å². The van der Waals surface area contributed by atoms with Gasteiger partial charge < -0.3 is 19.4 Å². The first kappa shape index (κ1) is 67.8. The predicted octanol–water partition coefficient (Wildman–Crippen LogP) is 18.0. The molecular formula is C59H118N2O7P+. The van der Waals surface area contributed by atoms with Crippen molar-refractivity contribution in [3.8, 4) is 0 Å². The maximum absolute atomic E-state index is 13.5. The largest absolute Gasteiger partial charge is 0.472 e. The number of unbranched alkanes of at least 4 members (excludes halogenated alkanes) is 39. The number of carbonyl (C=O) groups is 2. The molecule has 0 aromatic carbocycles. The number of likely N-dealkylation sites (N-methyl/N-ethyl adjacent to an activating group) is 1. The van der Waals surface area contributed by atoms with Crippen molar-refractivity contribution in [1.82, 2.24) is 5.32 Å². The molecule has 69 heavy (non-hydrogen) atoms. The van der Waals surface area contributed by atoms with Gasteiger partial charge in [-0.3, -0.25) is 18.6 Å². The quantitative estimate of drug-likeness (QED) is 0.0205. The Kier molecular flexibility index (Phi) is 49.4. The Hall–Kier alpha value is -1.25. The number of carbonyl (C=O) groups excluding carboxylic acids is 2. The summed E-state index contributed by atoms with van der Waals surface area (Å²) in [5.74, 6) is -0.487. The zero-order chi connectivity index (χ0) is 50.8. The van der Waals surface area contributed by atoms with Gasteiger partial charge in [0, 0.05) is 12.8 Å². The number of hydrogen-bond acceptors (Lipinski definition) is 6. The van der Waals surface area contributed by atoms with Crippen LogP contribution in [0.5, 0.6) is 0 Å². The lowest BCUT2D eigenvalue weighted by Gasteiger charge is -2.27. The molecule has 0 aromatic heterocycles. The van der Waals surface area contributed by atoms with Crippen molar-refractivity contribution < 1.29 is 37.3 Å². The maximum Gasteiger partial charge on any atom is 0.472 e. The van der Waals surface area contributed by atoms with Crippen LogP contribution in [0.4, 0.5) is 0 Å². The molecule has 0 radical (unpaired) electrons. The van der Waals surface area contributed by atoms with Gasteiger partial charge in [0.05, 0.1) is 33.8 Å². The van der Waals surface area contributed by atoms with Crippen molar-refractivity contribution in [2.75, 3.05) is 40.9 Å². The fraction of sp³-hybridized carbons (Fsp3) is 0.932. The molecule has 1 amide bonds. The summed E-state index contributed by atoms with van der Waals surface area (Å²) < 4.78 is 30.6. The summed E-state index contributed by atoms with van der Waals surface area (Å²) in [4.78, 5) is 37.6. The molecule has 0 saturated carbocycles. The van der Waals surface area contributed by atoms with Crippen LogP contribution in [0.1, 0.15) is 303 Å². The van der Waals surface area contributed by atoms with E-state index < -0.39 is 20.0 Å². The van der Waals surface area contributed by atoms with E-state index in [2.05, 4.69) is 26.1 Å². The number of nitrogens with zero attached hydrogens (tertiary/aromatic N) is 1. The number of esters is 1. The van der Waals surface area contributed by atoms with Crippen molar-refractivity contribution in [3.63, 3.8) is 0 Å². The summed E-state index contributed by atoms with van der Waals surface area (Å²) in [6, 6.07) is -0.838. The fourth-order valence-electron chi connectivity index (χ4n) is 9.06. The van der Waals surface area contributed by atoms with E-state index in [0.717, 1.165) is 57.8 Å². The molecule has 0 aliphatic heterocycles. The summed E-state index contributed by atoms with van der Waals surface area (Å²) in [5.41, 5.74) is 0. The molecule has 0 saturated heterocycles. The Balaban J connectivity index is 5.22. The van der Waals surface area contributed by atoms with E-state index in [0.29, 0.717) is 23.9 Å². The molecule has 410 valence electrons. The lowest BCUT2D eigenvalue weighted by molar-refractivity contribution is -0.870. The highest BCUT2D eigenvalue weighted by atomic mass is 31.2. The molecule has 3 atom stereocenters. The van der Waals surface area contributed by atoms with E-state index in [1.165, 1.54) is 212 Å². The second-order valence-electron chi connectivity index (χ2n) is 21.9. The monoisotopic (exact) mass is 998 g/mol. The van der Waals surface area contributed by atoms with Crippen LogP contribution in [0.15, 0.2) is 12.2 Å². The number of nitrogens with one attached hydrogen (secondary N) is 1. The molecule has 2 N–H and O–H groups in total. The molecule has 0 aliphatic rings. The van der Waals surface area contributed by atoms with Crippen LogP contribution in [0, 0.1) is 0 Å². The second kappa shape index (κ2) is 50.3. The molecule has 0 aromatic rings. The summed E-state index contributed by atoms with van der Waals surface area (Å²) in [6.07, 6.45) is 56.3. The van der Waals surface area contributed by atoms with Crippen molar-refractivity contribution in [2.24, 2.45) is 0 Å². The molecule has 3 unspecified atom stereocenters. The molecule has 0 spiro atoms. The minimum atomic E-state index is -4.43. The summed E-state index contributed by atoms with van der Waals surface area (Å²) in [6.45, 7) is 7.05. The van der Waals surface area contributed by atoms with Crippen LogP contribution in [0.2, 0.25) is 0 Å². The molecule has 0 heterocycles. The highest BCUT2D eigenvalue weighted by Crippen LogP contribution is 2.43. The summed E-state index contributed by atoms with van der Waals surface area (Å²) in [5, 5.41) is 3.06. The molecule has 0 bridgehead atoms. The van der Waals surface area contributed by atoms with Gasteiger partial charge in [-0.25, -0.2) is 4.57 Å². The topological polar surface area (TPSA) is 111 Å². The van der Waals surface area contributed by atoms with Crippen LogP contribution < -0.4 is 5.32 Å². The number of hydrogen-bond donors (Lipinski definition) is 2. The van der Waals surface area contributed by atoms with E-state index >= 15 is 0 Å². The van der Waals surface area contributed by atoms with Crippen LogP contribution >= 0.6 is 7.82 Å². The highest BCUT2D eigenvalue weighted by Gasteiger charge is 2.30. The van der Waals surface area contributed by atoms with Crippen molar-refractivity contribution in [3.05, 3.63) is 12.2 Å². The number of rotatable bonds is 55. The molecule has 10 heteroatoms. The number of phosphoric ester groups is 1. The first-order valence-electron chi connectivity index (χ1n) is 30.0. The van der Waals surface area contributed by atoms with Gasteiger partial charge in [0.2, 0.25) is 5.91 Å². The smallest absolute Gasteiger partial charge is 0.456 e. The van der Waals surface area contributed by atoms with E-state index in [9.17, 15) is 19.0 Å². The lowest BCUT2D eigenvalue weighted by atomic mass is 10.0. The third kappa shape index (κ3) is 51.5. The zero-order valence-electron chi connectivity index (χ0n) is 46.8. The van der Waals surface area contributed by atoms with Gasteiger partial charge in [0.25, 0.3) is 0 Å². The number of amides is 1. The number of ether oxygens (including phenoxy) is 1. The summed E-state index contributed by atoms with van der Waals surface area (Å²) in [7, 11) is 1.52. The summed E-state index contributed by atoms with van der Waals surface area (Å²) >= 11 is 0. The normalized spacial score (nSPS) is 13.8. The average molecular weight is 999 g/mol. The fourth-order valence-corrected chi connectivity index (χ4v) is 9.80. The first-order valence-corrected chi connectivity index (χ1v) is 31.5. The van der Waals surface area contributed by atoms with Gasteiger partial charge in [-0.15, -0.1) is 0 Å². The average Bonchev–Trinajstić information content (AvgIpc) is 3.31. The SMILES string of the molecule is CCCCCCCCCCCCC/C=C/C(OC(=O)CCCCCCCCCCCCC)C(COP(=O)(O)OCC[N+](C)(C)C)NC(=O)CCCCCCCCCCCCCCCCCCCCC. The Morgan fingerprint density at radius 2 is 0.826 bits per heavy atom. The maximum atomic E-state index is 13.5. The van der Waals surface area contributed by atoms with Crippen LogP contribution in [0.25, 0.3) is 0 Å². The number of quaternary nitrogens is 1. The van der Waals surface area contributed by atoms with Gasteiger partial charge in [0.15, 0.2) is 0 Å². The Morgan fingerprint density at radius 3 is 1.19 bits per heavy atom. The van der Waals surface area contributed by atoms with Gasteiger partial charge >= 0.3 is 13.8 Å². The third-order valence-corrected chi connectivity index (χ3v) is 14.7. The molecule has 0 rings (SSSR count). The predicted molar refractivity (Wildman–Crippen MR) is 296 cm³/mol. The van der Waals surface area contributed by atoms with Gasteiger partial charge in [-0.2, -0.15) is 0 Å². The van der Waals surface area contributed by atoms with Crippen molar-refractivity contribution in [1.29, 1.82) is 0 Å². The van der Waals surface area contributed by atoms with Crippen molar-refractivity contribution in [2.45, 2.75) is 315 Å². The molecule has 0 aliphatic carbocycles. The third-order valence-electron chi connectivity index (χ3n) is 13.7. The molecular weight excluding hydrogens is 880 g/mol. The Morgan fingerprint density at radius 1 is 0.493 bits per heavy atom. The number of allylic oxidation sites excluding steroid dienone is 1. The lowest BCUT2D eigenvalue weighted by Crippen LogP contribution is -2.47. The zero-order valence-corrected chi connectivity index (χ0v) is 47.7. The van der Waals surface area contributed by atoms with E-state index in [-0.39, 0.29) is 25.1 Å². The van der Waals surface area contributed by atoms with Crippen LogP contribution in [-0.2, 0) is 27.9 Å². The standard InChI is InChI=1S/C59H117N2O7P/c1-7-10-13-16-19-22-25-27-28-29-30-31-32-34-37-39-42-45-48-51-58(62)60-56(55-67-69(64,65)66-54-53-61(4,5)6)57(50-47-44-41-38-36-33-26-23-20-17-14-11-8-2)68-59(63)52-49-46-43-40-35-24-21-18-15-12-9-3/h47,50,56-57H,7-46,48-49,51-55H2,1-6H3,(H-,60,62,64,65)/p+1/b50-47+. The first-order chi connectivity index (χ1) is 33.4. The number of phosphoric acid groups is 1. The minimum Gasteiger partial charge on any atom is -0.456 e. The van der Waals surface area contributed by atoms with Crippen LogP contribution in [0.3, 0.4) is 0 Å². The molecule has 0 fully saturated rings. The van der Waals surface area contributed by atoms with Gasteiger partial charge in [0.1, 0.15) is 19.3 Å². The van der Waals surface area contributed by atoms with Crippen LogP contribution in [-0.4, -0.2) is 74.3 Å². The Bertz CT molecular complexity index is 1190. The van der Waals surface area contributed by atoms with Gasteiger partial charge in [-0.05, 0) is 31.8 Å². The molecule has 9 nitrogen and oxygen atoms in total. The van der Waals surface area contributed by atoms with E-state index in [4.69, 9.17) is 13.8 Å². The van der Waals surface area contributed by atoms with Gasteiger partial charge in [-0.1, -0.05) is 271 Å².